The van der Waals surface area contributed by atoms with Crippen LogP contribution in [-0.4, -0.2) is 50.2 Å². The number of likely N-dealkylation sites (N-methyl/N-ethyl adjacent to an activating group) is 1. The lowest BCUT2D eigenvalue weighted by Crippen LogP contribution is -2.38. The van der Waals surface area contributed by atoms with E-state index in [0.717, 1.165) is 11.4 Å². The zero-order valence-electron chi connectivity index (χ0n) is 16.4. The maximum absolute atomic E-state index is 13.0. The lowest BCUT2D eigenvalue weighted by molar-refractivity contribution is -0.114. The molecule has 0 aliphatic carbocycles. The fraction of sp³-hybridized carbons (Fsp3) is 0.211. The molecule has 0 spiro atoms. The second-order valence-corrected chi connectivity index (χ2v) is 8.01. The Hall–Kier alpha value is -3.60. The van der Waals surface area contributed by atoms with Crippen molar-refractivity contribution < 1.29 is 32.2 Å². The van der Waals surface area contributed by atoms with Gasteiger partial charge in [-0.2, -0.15) is 0 Å². The minimum atomic E-state index is -4.02. The van der Waals surface area contributed by atoms with Crippen molar-refractivity contribution in [3.05, 3.63) is 59.9 Å². The number of fused-ring (bicyclic) bond motifs is 1. The Balaban J connectivity index is 2.10. The molecule has 1 unspecified atom stereocenters. The minimum absolute atomic E-state index is 0.0536. The van der Waals surface area contributed by atoms with Gasteiger partial charge in [0.05, 0.1) is 12.0 Å². The van der Waals surface area contributed by atoms with Crippen molar-refractivity contribution >= 4 is 33.7 Å². The van der Waals surface area contributed by atoms with E-state index in [1.165, 1.54) is 32.3 Å². The number of amides is 1. The van der Waals surface area contributed by atoms with Gasteiger partial charge in [-0.05, 0) is 24.3 Å². The first-order valence-electron chi connectivity index (χ1n) is 8.72. The summed E-state index contributed by atoms with van der Waals surface area (Å²) in [4.78, 5) is 28.4. The van der Waals surface area contributed by atoms with E-state index in [1.54, 1.807) is 30.3 Å². The predicted molar refractivity (Wildman–Crippen MR) is 105 cm³/mol. The molecule has 0 saturated carbocycles. The fourth-order valence-electron chi connectivity index (χ4n) is 2.77. The van der Waals surface area contributed by atoms with Crippen LogP contribution in [0.3, 0.4) is 0 Å². The molecule has 158 valence electrons. The van der Waals surface area contributed by atoms with Crippen LogP contribution in [-0.2, 0) is 29.0 Å². The first kappa shape index (κ1) is 21.1. The molecule has 11 heteroatoms. The summed E-state index contributed by atoms with van der Waals surface area (Å²) in [5.41, 5.74) is -0.137. The zero-order valence-corrected chi connectivity index (χ0v) is 17.2. The number of ether oxygens (including phenoxy) is 3. The molecule has 0 radical (unpaired) electrons. The molecule has 1 aromatic carbocycles. The lowest BCUT2D eigenvalue weighted by atomic mass is 10.1. The van der Waals surface area contributed by atoms with Crippen LogP contribution in [0.25, 0.3) is 5.76 Å². The first-order chi connectivity index (χ1) is 14.3. The number of carbonyl (C=O) groups is 2. The van der Waals surface area contributed by atoms with Gasteiger partial charge in [0.1, 0.15) is 5.82 Å². The van der Waals surface area contributed by atoms with Crippen molar-refractivity contribution in [3.8, 4) is 0 Å². The van der Waals surface area contributed by atoms with E-state index in [4.69, 9.17) is 9.47 Å². The van der Waals surface area contributed by atoms with Crippen LogP contribution in [0, 0.1) is 0 Å². The van der Waals surface area contributed by atoms with Crippen LogP contribution in [0.4, 0.5) is 10.6 Å². The van der Waals surface area contributed by atoms with Crippen molar-refractivity contribution in [2.45, 2.75) is 18.1 Å². The molecule has 3 rings (SSSR count). The summed E-state index contributed by atoms with van der Waals surface area (Å²) in [5.74, 6) is -0.625. The maximum Gasteiger partial charge on any atom is 0.511 e. The highest BCUT2D eigenvalue weighted by Gasteiger charge is 2.39. The van der Waals surface area contributed by atoms with E-state index >= 15 is 0 Å². The number of sulfonamides is 1. The third-order valence-electron chi connectivity index (χ3n) is 4.13. The quantitative estimate of drug-likeness (QED) is 0.562. The second kappa shape index (κ2) is 8.41. The van der Waals surface area contributed by atoms with Crippen LogP contribution < -0.4 is 5.32 Å². The number of nitrogens with zero attached hydrogens (tertiary/aromatic N) is 2. The summed E-state index contributed by atoms with van der Waals surface area (Å²) in [6.07, 6.45) is -0.690. The summed E-state index contributed by atoms with van der Waals surface area (Å²) in [7, 11) is -1.66. The van der Waals surface area contributed by atoms with Gasteiger partial charge in [-0.25, -0.2) is 18.2 Å². The Kier molecular flexibility index (Phi) is 5.92. The summed E-state index contributed by atoms with van der Waals surface area (Å²) in [6.45, 7) is 1.41. The number of benzene rings is 1. The molecule has 1 atom stereocenters. The standard InChI is InChI=1S/C19H19N3O7S/c1-12(29-19(24)27-3)28-17-13-8-4-5-9-14(13)30(25,26)22(2)16(17)18(23)21-15-10-6-7-11-20-15/h4-12H,1-3H3,(H,20,21,23). The van der Waals surface area contributed by atoms with Crippen molar-refractivity contribution in [3.63, 3.8) is 0 Å². The van der Waals surface area contributed by atoms with Crippen molar-refractivity contribution in [2.75, 3.05) is 19.5 Å². The highest BCUT2D eigenvalue weighted by Crippen LogP contribution is 2.37. The molecule has 10 nitrogen and oxygen atoms in total. The van der Waals surface area contributed by atoms with Gasteiger partial charge < -0.3 is 19.5 Å². The van der Waals surface area contributed by atoms with E-state index < -0.39 is 28.4 Å². The maximum atomic E-state index is 13.0. The normalized spacial score (nSPS) is 15.6. The molecular formula is C19H19N3O7S. The molecule has 2 heterocycles. The third kappa shape index (κ3) is 4.06. The van der Waals surface area contributed by atoms with Crippen molar-refractivity contribution in [1.29, 1.82) is 0 Å². The molecule has 0 bridgehead atoms. The van der Waals surface area contributed by atoms with Crippen LogP contribution in [0.5, 0.6) is 0 Å². The van der Waals surface area contributed by atoms with Gasteiger partial charge >= 0.3 is 6.16 Å². The summed E-state index contributed by atoms with van der Waals surface area (Å²) >= 11 is 0. The van der Waals surface area contributed by atoms with Gasteiger partial charge in [0.25, 0.3) is 15.9 Å². The number of anilines is 1. The zero-order chi connectivity index (χ0) is 21.9. The van der Waals surface area contributed by atoms with Crippen LogP contribution in [0.1, 0.15) is 12.5 Å². The average Bonchev–Trinajstić information content (AvgIpc) is 2.73. The summed E-state index contributed by atoms with van der Waals surface area (Å²) in [6, 6.07) is 10.9. The molecule has 30 heavy (non-hydrogen) atoms. The fourth-order valence-corrected chi connectivity index (χ4v) is 4.16. The number of methoxy groups -OCH3 is 1. The third-order valence-corrected chi connectivity index (χ3v) is 5.95. The molecule has 1 aromatic heterocycles. The SMILES string of the molecule is COC(=O)OC(C)OC1=C(C(=O)Nc2ccccn2)N(C)S(=O)(=O)c2ccccc21. The molecule has 0 saturated heterocycles. The van der Waals surface area contributed by atoms with Crippen LogP contribution in [0.2, 0.25) is 0 Å². The molecule has 1 aliphatic heterocycles. The van der Waals surface area contributed by atoms with E-state index in [0.29, 0.717) is 0 Å². The summed E-state index contributed by atoms with van der Waals surface area (Å²) < 4.78 is 41.8. The van der Waals surface area contributed by atoms with Crippen molar-refractivity contribution in [2.24, 2.45) is 0 Å². The first-order valence-corrected chi connectivity index (χ1v) is 10.2. The lowest BCUT2D eigenvalue weighted by Gasteiger charge is -2.31. The topological polar surface area (TPSA) is 124 Å². The van der Waals surface area contributed by atoms with Gasteiger partial charge in [-0.1, -0.05) is 18.2 Å². The Morgan fingerprint density at radius 1 is 1.13 bits per heavy atom. The Bertz CT molecular complexity index is 1100. The Morgan fingerprint density at radius 2 is 1.83 bits per heavy atom. The van der Waals surface area contributed by atoms with Gasteiger partial charge in [0.15, 0.2) is 11.5 Å². The number of hydrogen-bond acceptors (Lipinski definition) is 8. The van der Waals surface area contributed by atoms with E-state index in [9.17, 15) is 18.0 Å². The van der Waals surface area contributed by atoms with Gasteiger partial charge in [-0.15, -0.1) is 0 Å². The second-order valence-electron chi connectivity index (χ2n) is 6.07. The number of pyridine rings is 1. The molecule has 1 N–H and O–H groups in total. The average molecular weight is 433 g/mol. The molecule has 1 amide bonds. The predicted octanol–water partition coefficient (Wildman–Crippen LogP) is 2.17. The molecule has 0 fully saturated rings. The molecular weight excluding hydrogens is 414 g/mol. The Morgan fingerprint density at radius 3 is 2.50 bits per heavy atom. The number of aromatic nitrogens is 1. The monoisotopic (exact) mass is 433 g/mol. The van der Waals surface area contributed by atoms with Crippen molar-refractivity contribution in [1.82, 2.24) is 9.29 Å². The van der Waals surface area contributed by atoms with Gasteiger partial charge in [0, 0.05) is 25.7 Å². The highest BCUT2D eigenvalue weighted by atomic mass is 32.2. The molecule has 1 aliphatic rings. The minimum Gasteiger partial charge on any atom is -0.452 e. The number of rotatable bonds is 5. The molecule has 2 aromatic rings. The summed E-state index contributed by atoms with van der Waals surface area (Å²) in [5, 5.41) is 2.54. The largest absolute Gasteiger partial charge is 0.511 e. The van der Waals surface area contributed by atoms with Gasteiger partial charge in [0.2, 0.25) is 6.29 Å². The highest BCUT2D eigenvalue weighted by molar-refractivity contribution is 7.89. The number of hydrogen-bond donors (Lipinski definition) is 1. The number of carbonyl (C=O) groups excluding carboxylic acids is 2. The van der Waals surface area contributed by atoms with Gasteiger partial charge in [-0.3, -0.25) is 9.10 Å². The van der Waals surface area contributed by atoms with E-state index in [1.807, 2.05) is 0 Å². The smallest absolute Gasteiger partial charge is 0.452 e. The van der Waals surface area contributed by atoms with E-state index in [-0.39, 0.29) is 27.7 Å². The number of nitrogens with one attached hydrogen (secondary N) is 1. The van der Waals surface area contributed by atoms with Crippen LogP contribution in [0.15, 0.2) is 59.3 Å². The van der Waals surface area contributed by atoms with E-state index in [2.05, 4.69) is 15.0 Å². The Labute approximate surface area is 173 Å². The van der Waals surface area contributed by atoms with Crippen LogP contribution >= 0.6 is 0 Å².